The number of carbonyl (C=O) groups is 4. The number of amides is 4. The number of fused-ring (bicyclic) bond motifs is 18. The van der Waals surface area contributed by atoms with Gasteiger partial charge < -0.3 is 69.7 Å². The van der Waals surface area contributed by atoms with E-state index in [4.69, 9.17) is 33.2 Å². The van der Waals surface area contributed by atoms with Crippen LogP contribution < -0.4 is 54.4 Å². The fourth-order valence-corrected chi connectivity index (χ4v) is 15.8. The summed E-state index contributed by atoms with van der Waals surface area (Å²) in [4.78, 5) is 57.5. The summed E-state index contributed by atoms with van der Waals surface area (Å²) in [5, 5.41) is 64.8. The molecular weight excluding hydrogens is 1260 g/mol. The van der Waals surface area contributed by atoms with Crippen LogP contribution in [-0.2, 0) is 44.9 Å². The number of ether oxygens (including phenoxy) is 7. The smallest absolute Gasteiger partial charge is 0.471 e. The van der Waals surface area contributed by atoms with Crippen LogP contribution in [0.1, 0.15) is 105 Å². The molecule has 0 aliphatic carbocycles. The number of nitriles is 2. The van der Waals surface area contributed by atoms with Crippen molar-refractivity contribution < 1.29 is 94.0 Å². The highest BCUT2D eigenvalue weighted by molar-refractivity contribution is 5.90. The Bertz CT molecular complexity index is 3930. The quantitative estimate of drug-likeness (QED) is 0.0626. The molecule has 0 radical (unpaired) electrons. The predicted octanol–water partition coefficient (Wildman–Crippen LogP) is 5.67. The highest BCUT2D eigenvalue weighted by atomic mass is 19.4. The molecule has 4 aromatic rings. The number of aryl methyl sites for hydroxylation is 2. The Hall–Kier alpha value is -9.10. The maximum Gasteiger partial charge on any atom is 0.471 e. The van der Waals surface area contributed by atoms with Crippen LogP contribution in [0, 0.1) is 50.4 Å². The number of phenols is 3. The van der Waals surface area contributed by atoms with Gasteiger partial charge in [0.25, 0.3) is 0 Å². The van der Waals surface area contributed by atoms with Crippen LogP contribution in [0.25, 0.3) is 0 Å². The Morgan fingerprint density at radius 1 is 0.621 bits per heavy atom. The molecule has 30 heteroatoms. The number of benzene rings is 4. The summed E-state index contributed by atoms with van der Waals surface area (Å²) in [7, 11) is 6.77. The van der Waals surface area contributed by atoms with Gasteiger partial charge in [0, 0.05) is 81.8 Å². The number of rotatable bonds is 13. The predicted molar refractivity (Wildman–Crippen MR) is 323 cm³/mol. The summed E-state index contributed by atoms with van der Waals surface area (Å²) in [6, 6.07) is 0.212. The summed E-state index contributed by atoms with van der Waals surface area (Å²) in [6.07, 6.45) is -7.29. The first-order valence-electron chi connectivity index (χ1n) is 30.7. The number of nitrogens with one attached hydrogen (secondary N) is 4. The second-order valence-electron chi connectivity index (χ2n) is 25.0. The van der Waals surface area contributed by atoms with E-state index in [9.17, 15) is 71.4 Å². The van der Waals surface area contributed by atoms with E-state index in [0.717, 1.165) is 41.7 Å². The van der Waals surface area contributed by atoms with Gasteiger partial charge in [-0.25, -0.2) is 0 Å². The lowest BCUT2D eigenvalue weighted by atomic mass is 9.71. The highest BCUT2D eigenvalue weighted by Crippen LogP contribution is 2.61. The molecule has 4 aromatic carbocycles. The Morgan fingerprint density at radius 3 is 1.42 bits per heavy atom. The summed E-state index contributed by atoms with van der Waals surface area (Å²) < 4.78 is 118. The maximum atomic E-state index is 13.2. The Balaban J connectivity index is 0.000000194. The molecule has 0 aromatic heterocycles. The molecule has 2 unspecified atom stereocenters. The number of nitrogens with zero attached hydrogens (tertiary/aromatic N) is 6. The number of carbonyl (C=O) groups excluding carboxylic acids is 4. The van der Waals surface area contributed by atoms with Gasteiger partial charge in [-0.15, -0.1) is 0 Å². The first-order chi connectivity index (χ1) is 44.9. The van der Waals surface area contributed by atoms with Crippen LogP contribution in [-0.4, -0.2) is 181 Å². The Kier molecular flexibility index (Phi) is 17.9. The minimum atomic E-state index is -5.17. The second kappa shape index (κ2) is 25.2. The van der Waals surface area contributed by atoms with Crippen LogP contribution in [0.5, 0.6) is 57.5 Å². The number of hydrogen-bond acceptors (Lipinski definition) is 20. The fraction of sp³-hybridized carbons (Fsp3) is 0.508. The van der Waals surface area contributed by atoms with E-state index in [1.54, 1.807) is 23.6 Å². The normalized spacial score (nSPS) is 24.9. The molecule has 2 saturated heterocycles. The molecule has 4 bridgehead atoms. The SMILES string of the molecule is C=CCOc1c(C)c2c(c3c1CC1[C@H]4c5c(cc(C)c(OC)c5O)C[C@@H]([C@H](C#N)N1[C@H]3CNC(=O)[C@H](C)NC(=O)C(F)(F)F)N4C)OCO2.COc1c(C)cc2c(c1O)[C@@H]1C3Cc4c(O)c(C)c5c(c4[C@H](CNC(=O)[C@H](C)NC(=O)C(F)(F)F)N3[C@@H](C#N)[C@H](C2)N1C)OCO5. The van der Waals surface area contributed by atoms with Gasteiger partial charge in [0.05, 0.1) is 50.5 Å². The third-order valence-electron chi connectivity index (χ3n) is 19.8. The van der Waals surface area contributed by atoms with Gasteiger partial charge in [0.2, 0.25) is 25.4 Å². The molecule has 12 rings (SSSR count). The van der Waals surface area contributed by atoms with Crippen molar-refractivity contribution in [1.82, 2.24) is 40.9 Å². The molecule has 7 N–H and O–H groups in total. The van der Waals surface area contributed by atoms with Crippen molar-refractivity contribution in [2.24, 2.45) is 0 Å². The van der Waals surface area contributed by atoms with Crippen molar-refractivity contribution in [1.29, 1.82) is 10.5 Å². The van der Waals surface area contributed by atoms with Crippen LogP contribution in [0.4, 0.5) is 26.3 Å². The van der Waals surface area contributed by atoms with Gasteiger partial charge in [-0.3, -0.25) is 38.8 Å². The summed E-state index contributed by atoms with van der Waals surface area (Å²) >= 11 is 0. The van der Waals surface area contributed by atoms with Gasteiger partial charge >= 0.3 is 24.2 Å². The van der Waals surface area contributed by atoms with Crippen molar-refractivity contribution >= 4 is 23.6 Å². The number of phenolic OH excluding ortho intramolecular Hbond substituents is 3. The van der Waals surface area contributed by atoms with E-state index in [2.05, 4.69) is 39.2 Å². The molecule has 508 valence electrons. The molecule has 0 saturated carbocycles. The molecule has 24 nitrogen and oxygen atoms in total. The van der Waals surface area contributed by atoms with Crippen molar-refractivity contribution in [3.8, 4) is 69.6 Å². The van der Waals surface area contributed by atoms with E-state index in [0.29, 0.717) is 98.5 Å². The average Bonchev–Trinajstić information content (AvgIpc) is 1.22. The molecule has 8 aliphatic heterocycles. The van der Waals surface area contributed by atoms with E-state index in [-0.39, 0.29) is 69.0 Å². The Morgan fingerprint density at radius 2 is 1.02 bits per heavy atom. The van der Waals surface area contributed by atoms with Gasteiger partial charge in [-0.2, -0.15) is 36.9 Å². The van der Waals surface area contributed by atoms with Crippen LogP contribution in [0.3, 0.4) is 0 Å². The first kappa shape index (κ1) is 67.3. The zero-order valence-electron chi connectivity index (χ0n) is 53.5. The molecule has 12 atom stereocenters. The zero-order valence-corrected chi connectivity index (χ0v) is 53.5. The third kappa shape index (κ3) is 11.1. The van der Waals surface area contributed by atoms with Gasteiger partial charge in [0.1, 0.15) is 42.3 Å². The lowest BCUT2D eigenvalue weighted by Crippen LogP contribution is -2.69. The van der Waals surface area contributed by atoms with E-state index in [1.165, 1.54) is 14.2 Å². The highest BCUT2D eigenvalue weighted by Gasteiger charge is 2.59. The largest absolute Gasteiger partial charge is 0.507 e. The number of piperazine rings is 2. The summed E-state index contributed by atoms with van der Waals surface area (Å²) in [5.74, 6) is -3.50. The van der Waals surface area contributed by atoms with Crippen molar-refractivity contribution in [3.63, 3.8) is 0 Å². The number of methoxy groups -OCH3 is 2. The van der Waals surface area contributed by atoms with E-state index in [1.807, 2.05) is 56.8 Å². The lowest BCUT2D eigenvalue weighted by molar-refractivity contribution is -0.174. The number of aromatic hydroxyl groups is 3. The number of likely N-dealkylation sites (N-methyl/N-ethyl adjacent to an activating group) is 2. The molecule has 95 heavy (non-hydrogen) atoms. The van der Waals surface area contributed by atoms with E-state index < -0.39 is 96.4 Å². The van der Waals surface area contributed by atoms with Gasteiger partial charge in [-0.05, 0) is 104 Å². The van der Waals surface area contributed by atoms with Crippen molar-refractivity contribution in [3.05, 3.63) is 91.5 Å². The maximum absolute atomic E-state index is 13.2. The van der Waals surface area contributed by atoms with Gasteiger partial charge in [-0.1, -0.05) is 24.8 Å². The summed E-state index contributed by atoms with van der Waals surface area (Å²) in [6.45, 7) is 12.9. The third-order valence-corrected chi connectivity index (χ3v) is 19.8. The fourth-order valence-electron chi connectivity index (χ4n) is 15.8. The van der Waals surface area contributed by atoms with Gasteiger partial charge in [0.15, 0.2) is 46.0 Å². The first-order valence-corrected chi connectivity index (χ1v) is 30.7. The molecule has 2 fully saturated rings. The summed E-state index contributed by atoms with van der Waals surface area (Å²) in [5.41, 5.74) is 8.11. The minimum absolute atomic E-state index is 0.0121. The molecule has 0 spiro atoms. The molecular formula is C65H72F6N10O14. The van der Waals surface area contributed by atoms with Crippen molar-refractivity contribution in [2.75, 3.05) is 61.6 Å². The number of alkyl halides is 6. The zero-order chi connectivity index (χ0) is 68.9. The minimum Gasteiger partial charge on any atom is -0.507 e. The van der Waals surface area contributed by atoms with Crippen molar-refractivity contribution in [2.45, 2.75) is 152 Å². The standard InChI is InChI=1S/C34H38F3N5O7.C31H34F3N5O7/c1-7-8-47-29-16(3)30-31(49-14-48-30)25-19(29)11-21-26-24-18(9-15(2)28(46-6)27(24)43)10-20(41(26)5)22(12-38)42(21)23(25)13-39-32(44)17(4)40-33(45)34(35,36)37;1-12-6-15-7-17-19(9-35)39-18(23(38(17)4)21(15)25(41)26(12)44-5)8-16-22(28-27(45-11-46-28)13(2)24(16)40)20(39)10-36-29(42)14(3)37-30(43)31(32,33)34/h7,9,17,20-23,26,43H,1,8,10-11,13-14H2,2-6H3,(H,39,44)(H,40,45);6,14,17-20,23,40-41H,7-8,10-11H2,1-5H3,(H,36,42)(H,37,43)/t17-,20-,21?,22-,23-,26-;14-,17-,18?,19-,20-,23-/m00/s1. The number of hydrogen-bond donors (Lipinski definition) is 7. The molecule has 8 heterocycles. The van der Waals surface area contributed by atoms with Crippen LogP contribution in [0.15, 0.2) is 24.8 Å². The topological polar surface area (TPSA) is 302 Å². The molecule has 8 aliphatic rings. The molecule has 4 amide bonds. The number of halogens is 6. The van der Waals surface area contributed by atoms with Crippen LogP contribution >= 0.6 is 0 Å². The average molecular weight is 1330 g/mol. The van der Waals surface area contributed by atoms with Crippen LogP contribution in [0.2, 0.25) is 0 Å². The van der Waals surface area contributed by atoms with E-state index >= 15 is 0 Å². The second-order valence-corrected chi connectivity index (χ2v) is 25.0. The Labute approximate surface area is 542 Å². The lowest BCUT2D eigenvalue weighted by Gasteiger charge is -2.60. The monoisotopic (exact) mass is 1330 g/mol.